The van der Waals surface area contributed by atoms with Crippen LogP contribution in [0.3, 0.4) is 0 Å². The van der Waals surface area contributed by atoms with Crippen LogP contribution in [0, 0.1) is 33.5 Å². The third-order valence-electron chi connectivity index (χ3n) is 12.8. The highest BCUT2D eigenvalue weighted by Crippen LogP contribution is 2.55. The van der Waals surface area contributed by atoms with E-state index in [-0.39, 0.29) is 79.0 Å². The summed E-state index contributed by atoms with van der Waals surface area (Å²) in [5.74, 6) is -1.17. The molecule has 66 heavy (non-hydrogen) atoms. The molecular weight excluding hydrogens is 860 g/mol. The number of nitrogens with one attached hydrogen (secondary N) is 3. The van der Waals surface area contributed by atoms with Crippen LogP contribution < -0.4 is 20.7 Å². The van der Waals surface area contributed by atoms with Gasteiger partial charge in [-0.15, -0.1) is 0 Å². The first-order valence-corrected chi connectivity index (χ1v) is 23.0. The first-order chi connectivity index (χ1) is 31.3. The second-order valence-electron chi connectivity index (χ2n) is 19.7. The average molecular weight is 924 g/mol. The van der Waals surface area contributed by atoms with Gasteiger partial charge >= 0.3 is 0 Å². The van der Waals surface area contributed by atoms with E-state index >= 15 is 0 Å². The Labute approximate surface area is 392 Å². The van der Waals surface area contributed by atoms with Gasteiger partial charge in [-0.3, -0.25) is 19.2 Å². The van der Waals surface area contributed by atoms with Gasteiger partial charge in [0.1, 0.15) is 30.6 Å². The summed E-state index contributed by atoms with van der Waals surface area (Å²) in [7, 11) is 0. The van der Waals surface area contributed by atoms with Crippen LogP contribution in [-0.4, -0.2) is 99.1 Å². The number of carbonyl (C=O) groups is 4. The third kappa shape index (κ3) is 11.9. The van der Waals surface area contributed by atoms with E-state index in [1.165, 1.54) is 9.70 Å². The number of aliphatic hydroxyl groups excluding tert-OH is 1. The minimum Gasteiger partial charge on any atom is -0.489 e. The SMILES string of the molecule is CC1(C)C(NC(=O)c2ccc(NCCCCCOCC(=O)C[C@H](C(=O)N3C[C@H](O)C[C@H]3C(=O)NCc3ccc(-n4nccn4)cc3)C(C)(C)C)cc2)C(C)(C)C1Oc1ccc(C#N)c(Cl)c1. The fourth-order valence-electron chi connectivity index (χ4n) is 9.43. The molecule has 1 saturated carbocycles. The Morgan fingerprint density at radius 2 is 1.64 bits per heavy atom. The Bertz CT molecular complexity index is 2340. The van der Waals surface area contributed by atoms with Gasteiger partial charge in [-0.1, -0.05) is 72.2 Å². The molecule has 15 nitrogen and oxygen atoms in total. The number of hydrogen-bond donors (Lipinski definition) is 4. The maximum Gasteiger partial charge on any atom is 0.251 e. The molecule has 1 aromatic heterocycles. The molecule has 352 valence electrons. The number of likely N-dealkylation sites (tertiary alicyclic amines) is 1. The van der Waals surface area contributed by atoms with Crippen molar-refractivity contribution in [1.29, 1.82) is 5.26 Å². The van der Waals surface area contributed by atoms with Crippen molar-refractivity contribution in [3.63, 3.8) is 0 Å². The molecule has 0 unspecified atom stereocenters. The summed E-state index contributed by atoms with van der Waals surface area (Å²) in [4.78, 5) is 56.8. The first kappa shape index (κ1) is 49.6. The number of halogens is 1. The van der Waals surface area contributed by atoms with Crippen molar-refractivity contribution in [1.82, 2.24) is 30.5 Å². The molecular formula is C50H63ClN8O7. The maximum atomic E-state index is 14.0. The van der Waals surface area contributed by atoms with Gasteiger partial charge in [0.05, 0.1) is 34.8 Å². The zero-order valence-corrected chi connectivity index (χ0v) is 39.7. The van der Waals surface area contributed by atoms with Gasteiger partial charge in [-0.2, -0.15) is 20.3 Å². The summed E-state index contributed by atoms with van der Waals surface area (Å²) in [5.41, 5.74) is 2.15. The van der Waals surface area contributed by atoms with Gasteiger partial charge < -0.3 is 35.4 Å². The first-order valence-electron chi connectivity index (χ1n) is 22.6. The second kappa shape index (κ2) is 21.2. The highest BCUT2D eigenvalue weighted by atomic mass is 35.5. The molecule has 0 bridgehead atoms. The quantitative estimate of drug-likeness (QED) is 0.0672. The number of nitrogens with zero attached hydrogens (tertiary/aromatic N) is 5. The monoisotopic (exact) mass is 922 g/mol. The summed E-state index contributed by atoms with van der Waals surface area (Å²) >= 11 is 6.24. The largest absolute Gasteiger partial charge is 0.489 e. The highest BCUT2D eigenvalue weighted by molar-refractivity contribution is 6.31. The Morgan fingerprint density at radius 3 is 2.27 bits per heavy atom. The number of ether oxygens (including phenoxy) is 2. The molecule has 1 aliphatic heterocycles. The number of aromatic nitrogens is 3. The lowest BCUT2D eigenvalue weighted by Gasteiger charge is -2.63. The van der Waals surface area contributed by atoms with E-state index in [2.05, 4.69) is 59.9 Å². The number of hydrogen-bond acceptors (Lipinski definition) is 11. The molecule has 0 spiro atoms. The molecule has 3 aromatic carbocycles. The fourth-order valence-corrected chi connectivity index (χ4v) is 9.65. The highest BCUT2D eigenvalue weighted by Gasteiger charge is 2.64. The van der Waals surface area contributed by atoms with E-state index in [0.717, 1.165) is 42.7 Å². The van der Waals surface area contributed by atoms with Gasteiger partial charge in [-0.25, -0.2) is 0 Å². The minimum atomic E-state index is -0.852. The van der Waals surface area contributed by atoms with Crippen LogP contribution >= 0.6 is 11.6 Å². The summed E-state index contributed by atoms with van der Waals surface area (Å²) in [6, 6.07) is 20.9. The number of rotatable bonds is 20. The number of nitriles is 1. The second-order valence-corrected chi connectivity index (χ2v) is 20.1. The Balaban J connectivity index is 0.875. The number of anilines is 1. The number of unbranched alkanes of at least 4 members (excludes halogenated alkanes) is 2. The van der Waals surface area contributed by atoms with Crippen molar-refractivity contribution >= 4 is 40.8 Å². The van der Waals surface area contributed by atoms with Crippen molar-refractivity contribution in [2.24, 2.45) is 22.2 Å². The molecule has 3 amide bonds. The van der Waals surface area contributed by atoms with Crippen molar-refractivity contribution in [2.45, 2.75) is 111 Å². The Hall–Kier alpha value is -5.82. The molecule has 16 heteroatoms. The van der Waals surface area contributed by atoms with E-state index in [1.807, 2.05) is 57.2 Å². The molecule has 1 saturated heterocycles. The third-order valence-corrected chi connectivity index (χ3v) is 13.1. The van der Waals surface area contributed by atoms with E-state index in [1.54, 1.807) is 42.7 Å². The van der Waals surface area contributed by atoms with Crippen LogP contribution in [0.1, 0.15) is 102 Å². The van der Waals surface area contributed by atoms with E-state index in [9.17, 15) is 29.5 Å². The van der Waals surface area contributed by atoms with Crippen LogP contribution in [-0.2, 0) is 25.7 Å². The Kier molecular flexibility index (Phi) is 15.9. The van der Waals surface area contributed by atoms with Crippen molar-refractivity contribution in [2.75, 3.05) is 31.6 Å². The van der Waals surface area contributed by atoms with Crippen LogP contribution in [0.15, 0.2) is 79.1 Å². The number of β-amino-alcohol motifs (C(OH)–C–C–N with tert-alkyl or cyclic N) is 1. The molecule has 2 heterocycles. The zero-order valence-electron chi connectivity index (χ0n) is 39.0. The number of benzene rings is 3. The molecule has 4 aromatic rings. The number of amides is 3. The summed E-state index contributed by atoms with van der Waals surface area (Å²) < 4.78 is 12.1. The smallest absolute Gasteiger partial charge is 0.251 e. The predicted octanol–water partition coefficient (Wildman–Crippen LogP) is 6.90. The zero-order chi connectivity index (χ0) is 47.8. The summed E-state index contributed by atoms with van der Waals surface area (Å²) in [6.45, 7) is 15.2. The van der Waals surface area contributed by atoms with Crippen LogP contribution in [0.4, 0.5) is 5.69 Å². The molecule has 6 rings (SSSR count). The van der Waals surface area contributed by atoms with Crippen LogP contribution in [0.25, 0.3) is 5.69 Å². The molecule has 0 radical (unpaired) electrons. The van der Waals surface area contributed by atoms with Gasteiger partial charge in [0.2, 0.25) is 11.8 Å². The number of Topliss-reactive ketones (excluding diaryl/α,β-unsaturated/α-hetero) is 1. The van der Waals surface area contributed by atoms with Gasteiger partial charge in [0.15, 0.2) is 5.78 Å². The molecule has 2 aliphatic rings. The van der Waals surface area contributed by atoms with E-state index in [0.29, 0.717) is 28.5 Å². The van der Waals surface area contributed by atoms with E-state index in [4.69, 9.17) is 21.1 Å². The normalized spacial score (nSPS) is 20.1. The molecule has 2 fully saturated rings. The predicted molar refractivity (Wildman–Crippen MR) is 251 cm³/mol. The van der Waals surface area contributed by atoms with Crippen molar-refractivity contribution < 1.29 is 33.8 Å². The topological polar surface area (TPSA) is 201 Å². The van der Waals surface area contributed by atoms with Crippen LogP contribution in [0.2, 0.25) is 5.02 Å². The lowest BCUT2D eigenvalue weighted by Crippen LogP contribution is -2.74. The van der Waals surface area contributed by atoms with E-state index < -0.39 is 23.5 Å². The summed E-state index contributed by atoms with van der Waals surface area (Å²) in [5, 5.41) is 37.9. The van der Waals surface area contributed by atoms with Gasteiger partial charge in [0, 0.05) is 79.2 Å². The lowest BCUT2D eigenvalue weighted by molar-refractivity contribution is -0.164. The van der Waals surface area contributed by atoms with Crippen molar-refractivity contribution in [3.8, 4) is 17.5 Å². The minimum absolute atomic E-state index is 0.0208. The molecule has 1 aliphatic carbocycles. The lowest BCUT2D eigenvalue weighted by atomic mass is 9.49. The standard InChI is InChI=1S/C50H63ClN8O7/c1-48(2,3)40(45(64)58-30-37(60)26-42(58)44(63)54-29-32-11-18-36(19-12-32)59-55-22-23-56-59)25-38(61)31-65-24-10-8-9-21-53-35-16-13-33(14-17-35)43(62)57-46-49(4,5)47(50(46,6)7)66-39-20-15-34(28-52)41(51)27-39/h11-20,22-23,27,37,40,42,46-47,53,60H,8-10,21,24-26,29-31H2,1-7H3,(H,54,63)(H,57,62)/t37-,40-,42+,46?,47?/m1/s1. The number of ketones is 1. The van der Waals surface area contributed by atoms with Crippen LogP contribution in [0.5, 0.6) is 5.75 Å². The average Bonchev–Trinajstić information content (AvgIpc) is 3.97. The molecule has 4 N–H and O–H groups in total. The fraction of sp³-hybridized carbons (Fsp3) is 0.500. The van der Waals surface area contributed by atoms with Gasteiger partial charge in [-0.05, 0) is 78.8 Å². The Morgan fingerprint density at radius 1 is 0.955 bits per heavy atom. The number of carbonyl (C=O) groups excluding carboxylic acids is 4. The number of aliphatic hydroxyl groups is 1. The van der Waals surface area contributed by atoms with Crippen molar-refractivity contribution in [3.05, 3.63) is 101 Å². The molecule has 3 atom stereocenters. The van der Waals surface area contributed by atoms with Gasteiger partial charge in [0.25, 0.3) is 5.91 Å². The maximum absolute atomic E-state index is 14.0. The summed E-state index contributed by atoms with van der Waals surface area (Å²) in [6.07, 6.45) is 4.71.